The maximum atomic E-state index is 12.9. The normalized spacial score (nSPS) is 20.6. The van der Waals surface area contributed by atoms with Crippen LogP contribution in [0.5, 0.6) is 5.75 Å². The Morgan fingerprint density at radius 2 is 1.85 bits per heavy atom. The molecule has 1 aliphatic carbocycles. The molecule has 1 aliphatic heterocycles. The third kappa shape index (κ3) is 5.82. The summed E-state index contributed by atoms with van der Waals surface area (Å²) in [6.07, 6.45) is 1.05. The second kappa shape index (κ2) is 9.55. The molecule has 4 nitrogen and oxygen atoms in total. The number of hydrogen-bond donors (Lipinski definition) is 0. The smallest absolute Gasteiger partial charge is 0.406 e. The maximum Gasteiger partial charge on any atom is 0.573 e. The van der Waals surface area contributed by atoms with Crippen molar-refractivity contribution < 1.29 is 22.7 Å². The molecule has 1 unspecified atom stereocenters. The molecular formula is C25H28ClF3N2O2. The van der Waals surface area contributed by atoms with E-state index < -0.39 is 6.36 Å². The molecular weight excluding hydrogens is 453 g/mol. The van der Waals surface area contributed by atoms with E-state index in [1.807, 2.05) is 6.07 Å². The number of aryl methyl sites for hydroxylation is 1. The highest BCUT2D eigenvalue weighted by molar-refractivity contribution is 6.34. The summed E-state index contributed by atoms with van der Waals surface area (Å²) >= 11 is 6.50. The first-order chi connectivity index (χ1) is 15.6. The van der Waals surface area contributed by atoms with Gasteiger partial charge in [0.2, 0.25) is 0 Å². The number of benzene rings is 2. The topological polar surface area (TPSA) is 32.8 Å². The zero-order valence-electron chi connectivity index (χ0n) is 18.8. The molecule has 0 bridgehead atoms. The molecule has 0 saturated heterocycles. The molecule has 4 rings (SSSR count). The third-order valence-electron chi connectivity index (χ3n) is 6.71. The largest absolute Gasteiger partial charge is 0.573 e. The van der Waals surface area contributed by atoms with Crippen LogP contribution in [0.3, 0.4) is 0 Å². The fraction of sp³-hybridized carbons (Fsp3) is 0.480. The van der Waals surface area contributed by atoms with Crippen molar-refractivity contribution in [1.82, 2.24) is 9.80 Å². The van der Waals surface area contributed by atoms with Crippen LogP contribution in [0.2, 0.25) is 5.02 Å². The highest BCUT2D eigenvalue weighted by atomic mass is 35.5. The summed E-state index contributed by atoms with van der Waals surface area (Å²) in [6, 6.07) is 10.2. The molecule has 0 aromatic heterocycles. The van der Waals surface area contributed by atoms with Gasteiger partial charge < -0.3 is 14.5 Å². The Hall–Kier alpha value is -2.25. The number of hydrogen-bond acceptors (Lipinski definition) is 3. The van der Waals surface area contributed by atoms with E-state index in [1.165, 1.54) is 43.5 Å². The molecule has 2 aromatic rings. The monoisotopic (exact) mass is 480 g/mol. The van der Waals surface area contributed by atoms with Gasteiger partial charge >= 0.3 is 6.36 Å². The summed E-state index contributed by atoms with van der Waals surface area (Å²) in [6.45, 7) is 0.730. The Labute approximate surface area is 197 Å². The summed E-state index contributed by atoms with van der Waals surface area (Å²) in [5.74, 6) is 0.280. The van der Waals surface area contributed by atoms with Crippen molar-refractivity contribution in [2.75, 3.05) is 14.1 Å². The minimum atomic E-state index is -4.73. The zero-order chi connectivity index (χ0) is 23.8. The summed E-state index contributed by atoms with van der Waals surface area (Å²) in [5, 5.41) is 0.474. The lowest BCUT2D eigenvalue weighted by atomic mass is 9.96. The number of ether oxygens (including phenoxy) is 1. The van der Waals surface area contributed by atoms with Crippen LogP contribution in [-0.4, -0.2) is 42.2 Å². The Bertz CT molecular complexity index is 1010. The number of nitrogens with zero attached hydrogens (tertiary/aromatic N) is 2. The predicted octanol–water partition coefficient (Wildman–Crippen LogP) is 6.06. The van der Waals surface area contributed by atoms with Gasteiger partial charge in [-0.2, -0.15) is 0 Å². The van der Waals surface area contributed by atoms with Crippen LogP contribution in [0.4, 0.5) is 13.2 Å². The van der Waals surface area contributed by atoms with E-state index in [9.17, 15) is 18.0 Å². The van der Waals surface area contributed by atoms with Crippen molar-refractivity contribution in [3.63, 3.8) is 0 Å². The minimum Gasteiger partial charge on any atom is -0.406 e. The van der Waals surface area contributed by atoms with Gasteiger partial charge in [0.15, 0.2) is 0 Å². The van der Waals surface area contributed by atoms with Crippen molar-refractivity contribution in [3.05, 3.63) is 63.7 Å². The lowest BCUT2D eigenvalue weighted by Gasteiger charge is -2.19. The Morgan fingerprint density at radius 3 is 2.48 bits per heavy atom. The van der Waals surface area contributed by atoms with Gasteiger partial charge in [-0.15, -0.1) is 13.2 Å². The molecule has 8 heteroatoms. The Kier molecular flexibility index (Phi) is 6.91. The summed E-state index contributed by atoms with van der Waals surface area (Å²) in [4.78, 5) is 16.9. The maximum absolute atomic E-state index is 12.9. The van der Waals surface area contributed by atoms with Crippen LogP contribution in [0.25, 0.3) is 0 Å². The average molecular weight is 481 g/mol. The second-order valence-electron chi connectivity index (χ2n) is 9.30. The second-order valence-corrected chi connectivity index (χ2v) is 9.71. The van der Waals surface area contributed by atoms with Crippen LogP contribution < -0.4 is 4.74 Å². The van der Waals surface area contributed by atoms with Crippen LogP contribution in [0, 0.1) is 5.92 Å². The lowest BCUT2D eigenvalue weighted by molar-refractivity contribution is -0.274. The van der Waals surface area contributed by atoms with Crippen molar-refractivity contribution in [2.24, 2.45) is 5.92 Å². The van der Waals surface area contributed by atoms with E-state index in [-0.39, 0.29) is 11.7 Å². The number of carbonyl (C=O) groups excluding carboxylic acids is 1. The third-order valence-corrected chi connectivity index (χ3v) is 7.01. The van der Waals surface area contributed by atoms with Gasteiger partial charge in [-0.1, -0.05) is 29.8 Å². The predicted molar refractivity (Wildman–Crippen MR) is 121 cm³/mol. The van der Waals surface area contributed by atoms with Crippen LogP contribution in [0.15, 0.2) is 36.4 Å². The fourth-order valence-electron chi connectivity index (χ4n) is 4.97. The number of rotatable bonds is 7. The molecule has 2 aromatic carbocycles. The van der Waals surface area contributed by atoms with Crippen molar-refractivity contribution >= 4 is 17.5 Å². The Balaban J connectivity index is 1.38. The number of carbonyl (C=O) groups is 1. The first kappa shape index (κ1) is 23.9. The summed E-state index contributed by atoms with van der Waals surface area (Å²) in [7, 11) is 4.28. The molecule has 33 heavy (non-hydrogen) atoms. The van der Waals surface area contributed by atoms with Gasteiger partial charge in [0.1, 0.15) is 5.75 Å². The molecule has 1 saturated carbocycles. The molecule has 1 amide bonds. The standard InChI is InChI=1S/C25H28ClF3N2O2/c1-30(2)20-8-5-16(12-20)3-4-18-11-19-15-31(24(32)23(19)22(26)13-18)14-17-6-9-21(10-7-17)33-25(27,28)29/h6-7,9-11,13,16,20H,3-5,8,12,14-15H2,1-2H3/t16?,20-/m0/s1. The minimum absolute atomic E-state index is 0.151. The highest BCUT2D eigenvalue weighted by Gasteiger charge is 2.32. The number of halogens is 4. The van der Waals surface area contributed by atoms with Crippen molar-refractivity contribution in [3.8, 4) is 5.75 Å². The van der Waals surface area contributed by atoms with Gasteiger partial charge in [0, 0.05) is 19.1 Å². The number of fused-ring (bicyclic) bond motifs is 1. The molecule has 2 atom stereocenters. The molecule has 0 radical (unpaired) electrons. The quantitative estimate of drug-likeness (QED) is 0.483. The van der Waals surface area contributed by atoms with E-state index in [4.69, 9.17) is 11.6 Å². The van der Waals surface area contributed by atoms with Gasteiger partial charge in [-0.05, 0) is 87.0 Å². The number of amides is 1. The average Bonchev–Trinajstić information content (AvgIpc) is 3.32. The first-order valence-electron chi connectivity index (χ1n) is 11.2. The highest BCUT2D eigenvalue weighted by Crippen LogP contribution is 2.35. The fourth-order valence-corrected chi connectivity index (χ4v) is 5.31. The van der Waals surface area contributed by atoms with E-state index in [2.05, 4.69) is 29.8 Å². The molecule has 0 N–H and O–H groups in total. The van der Waals surface area contributed by atoms with Crippen molar-refractivity contribution in [2.45, 2.75) is 57.6 Å². The van der Waals surface area contributed by atoms with Gasteiger partial charge in [-0.25, -0.2) is 0 Å². The zero-order valence-corrected chi connectivity index (χ0v) is 19.5. The van der Waals surface area contributed by atoms with Crippen LogP contribution in [-0.2, 0) is 19.5 Å². The first-order valence-corrected chi connectivity index (χ1v) is 11.6. The molecule has 1 fully saturated rings. The molecule has 178 valence electrons. The lowest BCUT2D eigenvalue weighted by Crippen LogP contribution is -2.24. The Morgan fingerprint density at radius 1 is 1.12 bits per heavy atom. The molecule has 2 aliphatic rings. The van der Waals surface area contributed by atoms with Gasteiger partial charge in [0.25, 0.3) is 5.91 Å². The van der Waals surface area contributed by atoms with E-state index in [0.29, 0.717) is 35.6 Å². The van der Waals surface area contributed by atoms with Crippen LogP contribution in [0.1, 0.15) is 52.7 Å². The molecule has 0 spiro atoms. The molecule has 1 heterocycles. The van der Waals surface area contributed by atoms with E-state index in [1.54, 1.807) is 4.90 Å². The van der Waals surface area contributed by atoms with E-state index >= 15 is 0 Å². The van der Waals surface area contributed by atoms with Gasteiger partial charge in [-0.3, -0.25) is 4.79 Å². The van der Waals surface area contributed by atoms with Crippen LogP contribution >= 0.6 is 11.6 Å². The SMILES string of the molecule is CN(C)[C@H]1CCC(CCc2cc(Cl)c3c(c2)CN(Cc2ccc(OC(F)(F)F)cc2)C3=O)C1. The summed E-state index contributed by atoms with van der Waals surface area (Å²) < 4.78 is 40.9. The van der Waals surface area contributed by atoms with E-state index in [0.717, 1.165) is 29.5 Å². The van der Waals surface area contributed by atoms with Crippen molar-refractivity contribution in [1.29, 1.82) is 0 Å². The van der Waals surface area contributed by atoms with Gasteiger partial charge in [0.05, 0.1) is 10.6 Å². The summed E-state index contributed by atoms with van der Waals surface area (Å²) in [5.41, 5.74) is 3.32. The number of alkyl halides is 3.